The van der Waals surface area contributed by atoms with Crippen molar-refractivity contribution in [1.82, 2.24) is 5.32 Å². The number of carbonyl (C=O) groups excluding carboxylic acids is 1. The molecule has 1 fully saturated rings. The summed E-state index contributed by atoms with van der Waals surface area (Å²) >= 11 is 0. The maximum Gasteiger partial charge on any atom is 0.238 e. The number of rotatable bonds is 5. The predicted molar refractivity (Wildman–Crippen MR) is 71.4 cm³/mol. The van der Waals surface area contributed by atoms with Gasteiger partial charge in [-0.2, -0.15) is 0 Å². The van der Waals surface area contributed by atoms with Crippen LogP contribution in [0.3, 0.4) is 0 Å². The molecule has 0 aliphatic heterocycles. The smallest absolute Gasteiger partial charge is 0.238 e. The first-order valence-corrected chi connectivity index (χ1v) is 6.39. The second-order valence-electron chi connectivity index (χ2n) is 5.04. The molecular formula is C14H20N2O2. The van der Waals surface area contributed by atoms with Crippen molar-refractivity contribution < 1.29 is 9.90 Å². The first-order chi connectivity index (χ1) is 8.63. The quantitative estimate of drug-likeness (QED) is 0.736. The third-order valence-corrected chi connectivity index (χ3v) is 3.26. The summed E-state index contributed by atoms with van der Waals surface area (Å²) in [6, 6.07) is 7.74. The number of benzene rings is 1. The summed E-state index contributed by atoms with van der Waals surface area (Å²) in [7, 11) is 0. The van der Waals surface area contributed by atoms with Crippen LogP contribution in [0.1, 0.15) is 18.4 Å². The van der Waals surface area contributed by atoms with Gasteiger partial charge >= 0.3 is 0 Å². The Balaban J connectivity index is 1.64. The Labute approximate surface area is 107 Å². The largest absolute Gasteiger partial charge is 0.393 e. The summed E-state index contributed by atoms with van der Waals surface area (Å²) in [6.45, 7) is 3.14. The summed E-state index contributed by atoms with van der Waals surface area (Å²) in [5.74, 6) is 0.492. The lowest BCUT2D eigenvalue weighted by atomic mass is 9.82. The van der Waals surface area contributed by atoms with E-state index in [9.17, 15) is 4.79 Å². The van der Waals surface area contributed by atoms with Gasteiger partial charge in [-0.3, -0.25) is 4.79 Å². The number of anilines is 1. The minimum Gasteiger partial charge on any atom is -0.393 e. The summed E-state index contributed by atoms with van der Waals surface area (Å²) in [4.78, 5) is 11.6. The van der Waals surface area contributed by atoms with E-state index in [-0.39, 0.29) is 12.0 Å². The van der Waals surface area contributed by atoms with Crippen molar-refractivity contribution in [2.45, 2.75) is 25.9 Å². The van der Waals surface area contributed by atoms with Gasteiger partial charge in [-0.15, -0.1) is 0 Å². The number of aryl methyl sites for hydroxylation is 1. The maximum absolute atomic E-state index is 11.6. The summed E-state index contributed by atoms with van der Waals surface area (Å²) < 4.78 is 0. The molecule has 1 amide bonds. The molecule has 0 radical (unpaired) electrons. The zero-order valence-corrected chi connectivity index (χ0v) is 10.6. The van der Waals surface area contributed by atoms with E-state index in [4.69, 9.17) is 5.11 Å². The van der Waals surface area contributed by atoms with Gasteiger partial charge in [-0.1, -0.05) is 17.7 Å². The van der Waals surface area contributed by atoms with Crippen molar-refractivity contribution in [3.63, 3.8) is 0 Å². The van der Waals surface area contributed by atoms with Crippen molar-refractivity contribution in [3.8, 4) is 0 Å². The molecule has 0 heterocycles. The van der Waals surface area contributed by atoms with Gasteiger partial charge in [0.25, 0.3) is 0 Å². The SMILES string of the molecule is Cc1ccc(NC(=O)CNCC2CC(O)C2)cc1. The fourth-order valence-corrected chi connectivity index (χ4v) is 2.10. The number of hydrogen-bond acceptors (Lipinski definition) is 3. The molecule has 4 nitrogen and oxygen atoms in total. The summed E-state index contributed by atoms with van der Waals surface area (Å²) in [5.41, 5.74) is 2.00. The molecule has 0 unspecified atom stereocenters. The highest BCUT2D eigenvalue weighted by molar-refractivity contribution is 5.92. The Bertz CT molecular complexity index is 397. The van der Waals surface area contributed by atoms with Gasteiger partial charge in [0.2, 0.25) is 5.91 Å². The van der Waals surface area contributed by atoms with Gasteiger partial charge < -0.3 is 15.7 Å². The van der Waals surface area contributed by atoms with Crippen LogP contribution in [0, 0.1) is 12.8 Å². The number of hydrogen-bond donors (Lipinski definition) is 3. The first-order valence-electron chi connectivity index (χ1n) is 6.39. The van der Waals surface area contributed by atoms with Crippen molar-refractivity contribution in [2.24, 2.45) is 5.92 Å². The monoisotopic (exact) mass is 248 g/mol. The van der Waals surface area contributed by atoms with Crippen LogP contribution < -0.4 is 10.6 Å². The number of aliphatic hydroxyl groups excluding tert-OH is 1. The highest BCUT2D eigenvalue weighted by Crippen LogP contribution is 2.25. The van der Waals surface area contributed by atoms with E-state index in [1.165, 1.54) is 5.56 Å². The fourth-order valence-electron chi connectivity index (χ4n) is 2.10. The normalized spacial score (nSPS) is 22.3. The molecule has 0 bridgehead atoms. The van der Waals surface area contributed by atoms with Gasteiger partial charge in [0.05, 0.1) is 12.6 Å². The molecule has 0 spiro atoms. The minimum atomic E-state index is -0.127. The minimum absolute atomic E-state index is 0.0290. The van der Waals surface area contributed by atoms with Crippen LogP contribution in [0.15, 0.2) is 24.3 Å². The maximum atomic E-state index is 11.6. The third-order valence-electron chi connectivity index (χ3n) is 3.26. The van der Waals surface area contributed by atoms with Crippen LogP contribution in [0.2, 0.25) is 0 Å². The number of carbonyl (C=O) groups is 1. The van der Waals surface area contributed by atoms with E-state index in [1.807, 2.05) is 31.2 Å². The molecule has 0 aromatic heterocycles. The Morgan fingerprint density at radius 1 is 1.33 bits per heavy atom. The van der Waals surface area contributed by atoms with Gasteiger partial charge in [0.1, 0.15) is 0 Å². The van der Waals surface area contributed by atoms with Crippen LogP contribution in [0.25, 0.3) is 0 Å². The predicted octanol–water partition coefficient (Wildman–Crippen LogP) is 1.29. The molecule has 1 aromatic carbocycles. The van der Waals surface area contributed by atoms with Crippen molar-refractivity contribution in [2.75, 3.05) is 18.4 Å². The average Bonchev–Trinajstić information content (AvgIpc) is 2.30. The molecule has 4 heteroatoms. The highest BCUT2D eigenvalue weighted by Gasteiger charge is 2.26. The molecular weight excluding hydrogens is 228 g/mol. The first kappa shape index (κ1) is 13.1. The molecule has 0 atom stereocenters. The van der Waals surface area contributed by atoms with Gasteiger partial charge in [-0.05, 0) is 44.4 Å². The topological polar surface area (TPSA) is 61.4 Å². The van der Waals surface area contributed by atoms with E-state index >= 15 is 0 Å². The van der Waals surface area contributed by atoms with Crippen LogP contribution in [-0.4, -0.2) is 30.2 Å². The van der Waals surface area contributed by atoms with Gasteiger partial charge in [0.15, 0.2) is 0 Å². The molecule has 1 aliphatic rings. The Morgan fingerprint density at radius 3 is 2.61 bits per heavy atom. The molecule has 18 heavy (non-hydrogen) atoms. The van der Waals surface area contributed by atoms with E-state index in [0.29, 0.717) is 12.5 Å². The second kappa shape index (κ2) is 5.98. The molecule has 1 aliphatic carbocycles. The van der Waals surface area contributed by atoms with E-state index in [1.54, 1.807) is 0 Å². The zero-order chi connectivity index (χ0) is 13.0. The summed E-state index contributed by atoms with van der Waals surface area (Å²) in [5, 5.41) is 15.1. The molecule has 3 N–H and O–H groups in total. The Hall–Kier alpha value is -1.39. The molecule has 2 rings (SSSR count). The number of nitrogens with one attached hydrogen (secondary N) is 2. The lowest BCUT2D eigenvalue weighted by Crippen LogP contribution is -2.38. The third kappa shape index (κ3) is 3.82. The molecule has 98 valence electrons. The molecule has 0 saturated heterocycles. The standard InChI is InChI=1S/C14H20N2O2/c1-10-2-4-12(5-3-10)16-14(18)9-15-8-11-6-13(17)7-11/h2-5,11,13,15,17H,6-9H2,1H3,(H,16,18). The average molecular weight is 248 g/mol. The van der Waals surface area contributed by atoms with Crippen LogP contribution in [0.5, 0.6) is 0 Å². The van der Waals surface area contributed by atoms with Gasteiger partial charge in [0, 0.05) is 5.69 Å². The van der Waals surface area contributed by atoms with Gasteiger partial charge in [-0.25, -0.2) is 0 Å². The lowest BCUT2D eigenvalue weighted by Gasteiger charge is -2.31. The number of aliphatic hydroxyl groups is 1. The second-order valence-corrected chi connectivity index (χ2v) is 5.04. The van der Waals surface area contributed by atoms with E-state index in [2.05, 4.69) is 10.6 Å². The number of amides is 1. The van der Waals surface area contributed by atoms with E-state index < -0.39 is 0 Å². The zero-order valence-electron chi connectivity index (χ0n) is 10.6. The van der Waals surface area contributed by atoms with Crippen LogP contribution in [-0.2, 0) is 4.79 Å². The Kier molecular flexibility index (Phi) is 4.33. The van der Waals surface area contributed by atoms with Crippen LogP contribution in [0.4, 0.5) is 5.69 Å². The fraction of sp³-hybridized carbons (Fsp3) is 0.500. The van der Waals surface area contributed by atoms with Crippen molar-refractivity contribution in [1.29, 1.82) is 0 Å². The summed E-state index contributed by atoms with van der Waals surface area (Å²) in [6.07, 6.45) is 1.58. The lowest BCUT2D eigenvalue weighted by molar-refractivity contribution is -0.115. The molecule has 1 aromatic rings. The van der Waals surface area contributed by atoms with E-state index in [0.717, 1.165) is 25.1 Å². The van der Waals surface area contributed by atoms with Crippen molar-refractivity contribution in [3.05, 3.63) is 29.8 Å². The Morgan fingerprint density at radius 2 is 2.00 bits per heavy atom. The highest BCUT2D eigenvalue weighted by atomic mass is 16.3. The van der Waals surface area contributed by atoms with Crippen LogP contribution >= 0.6 is 0 Å². The molecule has 1 saturated carbocycles. The van der Waals surface area contributed by atoms with Crippen molar-refractivity contribution >= 4 is 11.6 Å².